The molecule has 1 aromatic heterocycles. The standard InChI is InChI=1S/C24H27N5O/c30-24(10-6-9-19-7-2-1-3-8-19)27-21-13-11-20(12-14-21)26-23-17-22(18-25-28-23)29-15-4-5-16-29/h1-3,7-8,11-14,17-18H,4-6,9-10,15-16H2,(H,26,28)(H,27,30). The maximum atomic E-state index is 12.2. The van der Waals surface area contributed by atoms with E-state index in [2.05, 4.69) is 37.9 Å². The number of rotatable bonds is 8. The number of carbonyl (C=O) groups excluding carboxylic acids is 1. The Labute approximate surface area is 177 Å². The van der Waals surface area contributed by atoms with Gasteiger partial charge in [-0.25, -0.2) is 0 Å². The third kappa shape index (κ3) is 5.56. The van der Waals surface area contributed by atoms with Crippen LogP contribution in [0, 0.1) is 0 Å². The number of carbonyl (C=O) groups is 1. The van der Waals surface area contributed by atoms with Gasteiger partial charge in [0.2, 0.25) is 5.91 Å². The lowest BCUT2D eigenvalue weighted by Crippen LogP contribution is -2.18. The van der Waals surface area contributed by atoms with E-state index in [9.17, 15) is 4.79 Å². The summed E-state index contributed by atoms with van der Waals surface area (Å²) in [5, 5.41) is 14.6. The summed E-state index contributed by atoms with van der Waals surface area (Å²) in [6, 6.07) is 19.9. The third-order valence-corrected chi connectivity index (χ3v) is 5.26. The summed E-state index contributed by atoms with van der Waals surface area (Å²) in [5.41, 5.74) is 4.06. The maximum absolute atomic E-state index is 12.2. The Hall–Kier alpha value is -3.41. The van der Waals surface area contributed by atoms with Crippen LogP contribution in [0.4, 0.5) is 22.9 Å². The van der Waals surface area contributed by atoms with E-state index in [1.807, 2.05) is 54.7 Å². The van der Waals surface area contributed by atoms with Crippen molar-refractivity contribution in [3.05, 3.63) is 72.4 Å². The molecule has 0 unspecified atom stereocenters. The van der Waals surface area contributed by atoms with Gasteiger partial charge in [-0.05, 0) is 55.5 Å². The summed E-state index contributed by atoms with van der Waals surface area (Å²) >= 11 is 0. The Kier molecular flexibility index (Phi) is 6.54. The average molecular weight is 402 g/mol. The number of aromatic nitrogens is 2. The Morgan fingerprint density at radius 3 is 2.47 bits per heavy atom. The van der Waals surface area contributed by atoms with Crippen molar-refractivity contribution in [2.24, 2.45) is 0 Å². The van der Waals surface area contributed by atoms with Gasteiger partial charge in [0.15, 0.2) is 5.82 Å². The highest BCUT2D eigenvalue weighted by Crippen LogP contribution is 2.23. The van der Waals surface area contributed by atoms with E-state index in [0.29, 0.717) is 6.42 Å². The fourth-order valence-electron chi connectivity index (χ4n) is 3.67. The minimum absolute atomic E-state index is 0.0378. The number of nitrogens with zero attached hydrogens (tertiary/aromatic N) is 3. The number of anilines is 4. The number of hydrogen-bond donors (Lipinski definition) is 2. The van der Waals surface area contributed by atoms with Crippen molar-refractivity contribution in [1.82, 2.24) is 10.2 Å². The number of amides is 1. The first kappa shape index (κ1) is 19.9. The molecule has 0 atom stereocenters. The molecule has 2 aromatic carbocycles. The number of nitrogens with one attached hydrogen (secondary N) is 2. The number of benzene rings is 2. The number of aryl methyl sites for hydroxylation is 1. The topological polar surface area (TPSA) is 70.2 Å². The molecule has 2 heterocycles. The van der Waals surface area contributed by atoms with Crippen LogP contribution < -0.4 is 15.5 Å². The van der Waals surface area contributed by atoms with Gasteiger partial charge in [0.05, 0.1) is 11.9 Å². The van der Waals surface area contributed by atoms with Gasteiger partial charge in [-0.3, -0.25) is 4.79 Å². The summed E-state index contributed by atoms with van der Waals surface area (Å²) in [7, 11) is 0. The van der Waals surface area contributed by atoms with Crippen LogP contribution in [0.25, 0.3) is 0 Å². The third-order valence-electron chi connectivity index (χ3n) is 5.26. The molecule has 1 amide bonds. The van der Waals surface area contributed by atoms with E-state index in [4.69, 9.17) is 0 Å². The van der Waals surface area contributed by atoms with Crippen LogP contribution in [-0.2, 0) is 11.2 Å². The molecule has 1 fully saturated rings. The van der Waals surface area contributed by atoms with Crippen molar-refractivity contribution in [3.8, 4) is 0 Å². The van der Waals surface area contributed by atoms with Crippen molar-refractivity contribution in [1.29, 1.82) is 0 Å². The highest BCUT2D eigenvalue weighted by Gasteiger charge is 2.13. The van der Waals surface area contributed by atoms with Crippen molar-refractivity contribution in [2.75, 3.05) is 28.6 Å². The first-order valence-electron chi connectivity index (χ1n) is 10.5. The van der Waals surface area contributed by atoms with Gasteiger partial charge >= 0.3 is 0 Å². The van der Waals surface area contributed by atoms with E-state index in [1.54, 1.807) is 0 Å². The molecule has 3 aromatic rings. The highest BCUT2D eigenvalue weighted by molar-refractivity contribution is 5.90. The lowest BCUT2D eigenvalue weighted by molar-refractivity contribution is -0.116. The average Bonchev–Trinajstić information content (AvgIpc) is 3.31. The second kappa shape index (κ2) is 9.87. The predicted octanol–water partition coefficient (Wildman–Crippen LogP) is 4.78. The van der Waals surface area contributed by atoms with Crippen molar-refractivity contribution in [2.45, 2.75) is 32.1 Å². The van der Waals surface area contributed by atoms with Gasteiger partial charge in [-0.2, -0.15) is 5.10 Å². The van der Waals surface area contributed by atoms with Crippen molar-refractivity contribution in [3.63, 3.8) is 0 Å². The zero-order chi connectivity index (χ0) is 20.6. The molecule has 1 saturated heterocycles. The van der Waals surface area contributed by atoms with Crippen molar-refractivity contribution < 1.29 is 4.79 Å². The minimum Gasteiger partial charge on any atom is -0.370 e. The Bertz CT molecular complexity index is 953. The SMILES string of the molecule is O=C(CCCc1ccccc1)Nc1ccc(Nc2cc(N3CCCC3)cnn2)cc1. The van der Waals surface area contributed by atoms with Crippen molar-refractivity contribution >= 4 is 28.8 Å². The van der Waals surface area contributed by atoms with Gasteiger partial charge in [-0.1, -0.05) is 30.3 Å². The fraction of sp³-hybridized carbons (Fsp3) is 0.292. The molecule has 6 nitrogen and oxygen atoms in total. The second-order valence-corrected chi connectivity index (χ2v) is 7.58. The summed E-state index contributed by atoms with van der Waals surface area (Å²) < 4.78 is 0. The van der Waals surface area contributed by atoms with Gasteiger partial charge < -0.3 is 15.5 Å². The Balaban J connectivity index is 1.26. The van der Waals surface area contributed by atoms with E-state index in [-0.39, 0.29) is 5.91 Å². The van der Waals surface area contributed by atoms with Crippen LogP contribution in [0.15, 0.2) is 66.9 Å². The molecule has 6 heteroatoms. The number of hydrogen-bond acceptors (Lipinski definition) is 5. The van der Waals surface area contributed by atoms with E-state index < -0.39 is 0 Å². The van der Waals surface area contributed by atoms with E-state index >= 15 is 0 Å². The zero-order valence-electron chi connectivity index (χ0n) is 17.1. The highest BCUT2D eigenvalue weighted by atomic mass is 16.1. The quantitative estimate of drug-likeness (QED) is 0.568. The van der Waals surface area contributed by atoms with Gasteiger partial charge in [0, 0.05) is 37.0 Å². The molecule has 1 aliphatic heterocycles. The zero-order valence-corrected chi connectivity index (χ0v) is 17.1. The smallest absolute Gasteiger partial charge is 0.224 e. The van der Waals surface area contributed by atoms with Gasteiger partial charge in [-0.15, -0.1) is 5.10 Å². The Morgan fingerprint density at radius 2 is 1.70 bits per heavy atom. The molecule has 0 spiro atoms. The predicted molar refractivity (Wildman–Crippen MR) is 121 cm³/mol. The molecule has 0 bridgehead atoms. The fourth-order valence-corrected chi connectivity index (χ4v) is 3.67. The molecular weight excluding hydrogens is 374 g/mol. The monoisotopic (exact) mass is 401 g/mol. The molecule has 0 aliphatic carbocycles. The molecule has 0 saturated carbocycles. The first-order chi connectivity index (χ1) is 14.8. The Morgan fingerprint density at radius 1 is 0.967 bits per heavy atom. The van der Waals surface area contributed by atoms with Crippen LogP contribution in [0.3, 0.4) is 0 Å². The lowest BCUT2D eigenvalue weighted by atomic mass is 10.1. The van der Waals surface area contributed by atoms with Crippen LogP contribution in [0.1, 0.15) is 31.2 Å². The molecular formula is C24H27N5O. The van der Waals surface area contributed by atoms with Crippen LogP contribution in [-0.4, -0.2) is 29.2 Å². The van der Waals surface area contributed by atoms with Crippen LogP contribution in [0.5, 0.6) is 0 Å². The minimum atomic E-state index is 0.0378. The molecule has 4 rings (SSSR count). The molecule has 1 aliphatic rings. The normalized spacial score (nSPS) is 13.3. The molecule has 30 heavy (non-hydrogen) atoms. The van der Waals surface area contributed by atoms with E-state index in [1.165, 1.54) is 18.4 Å². The lowest BCUT2D eigenvalue weighted by Gasteiger charge is -2.17. The van der Waals surface area contributed by atoms with Gasteiger partial charge in [0.1, 0.15) is 0 Å². The molecule has 154 valence electrons. The maximum Gasteiger partial charge on any atom is 0.224 e. The van der Waals surface area contributed by atoms with E-state index in [0.717, 1.165) is 48.8 Å². The van der Waals surface area contributed by atoms with Crippen LogP contribution >= 0.6 is 0 Å². The summed E-state index contributed by atoms with van der Waals surface area (Å²) in [4.78, 5) is 14.5. The molecule has 2 N–H and O–H groups in total. The largest absolute Gasteiger partial charge is 0.370 e. The molecule has 0 radical (unpaired) electrons. The second-order valence-electron chi connectivity index (χ2n) is 7.58. The summed E-state index contributed by atoms with van der Waals surface area (Å²) in [5.74, 6) is 0.757. The first-order valence-corrected chi connectivity index (χ1v) is 10.5. The summed E-state index contributed by atoms with van der Waals surface area (Å²) in [6.07, 6.45) is 6.52. The van der Waals surface area contributed by atoms with Gasteiger partial charge in [0.25, 0.3) is 0 Å². The summed E-state index contributed by atoms with van der Waals surface area (Å²) in [6.45, 7) is 2.15. The van der Waals surface area contributed by atoms with Crippen LogP contribution in [0.2, 0.25) is 0 Å².